The van der Waals surface area contributed by atoms with Crippen LogP contribution in [-0.2, 0) is 4.79 Å². The fourth-order valence-corrected chi connectivity index (χ4v) is 2.08. The number of hydrogen-bond donors (Lipinski definition) is 1. The molecule has 0 saturated heterocycles. The molecule has 0 aliphatic heterocycles. The minimum Gasteiger partial charge on any atom is -0.478 e. The van der Waals surface area contributed by atoms with Gasteiger partial charge in [0, 0.05) is 6.08 Å². The minimum atomic E-state index is -0.913. The second-order valence-electron chi connectivity index (χ2n) is 4.27. The molecule has 0 unspecified atom stereocenters. The molecule has 0 atom stereocenters. The molecule has 0 amide bonds. The number of allylic oxidation sites excluding steroid dienone is 2. The van der Waals surface area contributed by atoms with Crippen LogP contribution in [0.25, 0.3) is 11.6 Å². The van der Waals surface area contributed by atoms with Gasteiger partial charge in [0.05, 0.1) is 0 Å². The van der Waals surface area contributed by atoms with E-state index in [4.69, 9.17) is 5.11 Å². The molecular weight excluding hydrogens is 212 g/mol. The summed E-state index contributed by atoms with van der Waals surface area (Å²) in [5.41, 5.74) is 3.61. The Kier molecular flexibility index (Phi) is 3.76. The van der Waals surface area contributed by atoms with Crippen LogP contribution < -0.4 is 0 Å². The van der Waals surface area contributed by atoms with Gasteiger partial charge in [0.15, 0.2) is 0 Å². The van der Waals surface area contributed by atoms with Crippen molar-refractivity contribution in [2.45, 2.75) is 25.7 Å². The van der Waals surface area contributed by atoms with E-state index in [9.17, 15) is 4.79 Å². The highest BCUT2D eigenvalue weighted by molar-refractivity contribution is 5.85. The fraction of sp³-hybridized carbons (Fsp3) is 0.267. The van der Waals surface area contributed by atoms with E-state index in [1.54, 1.807) is 6.08 Å². The first-order valence-electron chi connectivity index (χ1n) is 5.96. The topological polar surface area (TPSA) is 37.3 Å². The summed E-state index contributed by atoms with van der Waals surface area (Å²) in [5, 5.41) is 8.54. The maximum Gasteiger partial charge on any atom is 0.328 e. The third-order valence-corrected chi connectivity index (χ3v) is 2.99. The molecule has 0 bridgehead atoms. The molecule has 1 aliphatic carbocycles. The van der Waals surface area contributed by atoms with Crippen LogP contribution in [0.4, 0.5) is 0 Å². The van der Waals surface area contributed by atoms with Gasteiger partial charge in [-0.25, -0.2) is 4.79 Å². The first kappa shape index (κ1) is 11.6. The lowest BCUT2D eigenvalue weighted by Gasteiger charge is -2.12. The number of rotatable bonds is 3. The smallest absolute Gasteiger partial charge is 0.328 e. The third-order valence-electron chi connectivity index (χ3n) is 2.99. The highest BCUT2D eigenvalue weighted by Gasteiger charge is 2.05. The Morgan fingerprint density at radius 2 is 1.94 bits per heavy atom. The van der Waals surface area contributed by atoms with E-state index in [1.165, 1.54) is 30.4 Å². The molecule has 0 radical (unpaired) electrons. The van der Waals surface area contributed by atoms with Crippen LogP contribution in [0.2, 0.25) is 0 Å². The molecule has 88 valence electrons. The molecule has 2 rings (SSSR count). The Labute approximate surface area is 101 Å². The minimum absolute atomic E-state index is 0.913. The van der Waals surface area contributed by atoms with Crippen molar-refractivity contribution >= 4 is 17.6 Å². The summed E-state index contributed by atoms with van der Waals surface area (Å²) in [6.45, 7) is 0. The Bertz CT molecular complexity index is 452. The first-order valence-corrected chi connectivity index (χ1v) is 5.96. The van der Waals surface area contributed by atoms with Crippen molar-refractivity contribution in [2.75, 3.05) is 0 Å². The molecule has 0 saturated carbocycles. The summed E-state index contributed by atoms with van der Waals surface area (Å²) in [4.78, 5) is 10.4. The normalized spacial score (nSPS) is 15.9. The van der Waals surface area contributed by atoms with Crippen LogP contribution in [0.5, 0.6) is 0 Å². The van der Waals surface area contributed by atoms with Crippen molar-refractivity contribution in [3.8, 4) is 0 Å². The molecule has 2 nitrogen and oxygen atoms in total. The van der Waals surface area contributed by atoms with Gasteiger partial charge < -0.3 is 5.11 Å². The molecule has 0 heterocycles. The Morgan fingerprint density at radius 1 is 1.18 bits per heavy atom. The summed E-state index contributed by atoms with van der Waals surface area (Å²) < 4.78 is 0. The van der Waals surface area contributed by atoms with Crippen LogP contribution >= 0.6 is 0 Å². The Hall–Kier alpha value is -1.83. The lowest BCUT2D eigenvalue weighted by atomic mass is 9.93. The number of carboxylic acids is 1. The summed E-state index contributed by atoms with van der Waals surface area (Å²) in [6.07, 6.45) is 9.98. The number of carboxylic acid groups (broad SMARTS) is 1. The Balaban J connectivity index is 2.12. The van der Waals surface area contributed by atoms with Crippen LogP contribution in [0, 0.1) is 0 Å². The van der Waals surface area contributed by atoms with Gasteiger partial charge in [-0.1, -0.05) is 30.3 Å². The SMILES string of the molecule is O=C(O)/C=C/c1ccc(C2=CCCCC2)cc1. The summed E-state index contributed by atoms with van der Waals surface area (Å²) in [7, 11) is 0. The van der Waals surface area contributed by atoms with E-state index in [2.05, 4.69) is 18.2 Å². The predicted octanol–water partition coefficient (Wildman–Crippen LogP) is 3.74. The van der Waals surface area contributed by atoms with E-state index in [0.29, 0.717) is 0 Å². The molecule has 0 aromatic heterocycles. The largest absolute Gasteiger partial charge is 0.478 e. The summed E-state index contributed by atoms with van der Waals surface area (Å²) >= 11 is 0. The predicted molar refractivity (Wildman–Crippen MR) is 69.6 cm³/mol. The van der Waals surface area contributed by atoms with Crippen molar-refractivity contribution in [3.05, 3.63) is 47.5 Å². The lowest BCUT2D eigenvalue weighted by molar-refractivity contribution is -0.131. The molecule has 1 aliphatic rings. The van der Waals surface area contributed by atoms with E-state index >= 15 is 0 Å². The average Bonchev–Trinajstić information content (AvgIpc) is 2.38. The van der Waals surface area contributed by atoms with E-state index < -0.39 is 5.97 Å². The van der Waals surface area contributed by atoms with Gasteiger partial charge in [-0.05, 0) is 48.5 Å². The van der Waals surface area contributed by atoms with E-state index in [0.717, 1.165) is 18.1 Å². The number of aliphatic carboxylic acids is 1. The van der Waals surface area contributed by atoms with Gasteiger partial charge in [-0.15, -0.1) is 0 Å². The van der Waals surface area contributed by atoms with Crippen molar-refractivity contribution in [2.24, 2.45) is 0 Å². The van der Waals surface area contributed by atoms with Crippen LogP contribution in [0.1, 0.15) is 36.8 Å². The van der Waals surface area contributed by atoms with Crippen molar-refractivity contribution in [3.63, 3.8) is 0 Å². The molecule has 17 heavy (non-hydrogen) atoms. The van der Waals surface area contributed by atoms with Crippen LogP contribution in [0.3, 0.4) is 0 Å². The van der Waals surface area contributed by atoms with Gasteiger partial charge in [0.25, 0.3) is 0 Å². The molecule has 1 aromatic carbocycles. The lowest BCUT2D eigenvalue weighted by Crippen LogP contribution is -1.91. The van der Waals surface area contributed by atoms with Crippen molar-refractivity contribution in [1.82, 2.24) is 0 Å². The molecule has 0 spiro atoms. The van der Waals surface area contributed by atoms with Crippen molar-refractivity contribution in [1.29, 1.82) is 0 Å². The average molecular weight is 228 g/mol. The molecule has 1 N–H and O–H groups in total. The molecule has 0 fully saturated rings. The number of carbonyl (C=O) groups is 1. The zero-order valence-corrected chi connectivity index (χ0v) is 9.73. The third kappa shape index (κ3) is 3.31. The maximum atomic E-state index is 10.4. The summed E-state index contributed by atoms with van der Waals surface area (Å²) in [6, 6.07) is 8.06. The maximum absolute atomic E-state index is 10.4. The fourth-order valence-electron chi connectivity index (χ4n) is 2.08. The Morgan fingerprint density at radius 3 is 2.53 bits per heavy atom. The summed E-state index contributed by atoms with van der Waals surface area (Å²) in [5.74, 6) is -0.913. The van der Waals surface area contributed by atoms with Gasteiger partial charge in [0.1, 0.15) is 0 Å². The van der Waals surface area contributed by atoms with Crippen LogP contribution in [0.15, 0.2) is 36.4 Å². The van der Waals surface area contributed by atoms with Gasteiger partial charge in [-0.2, -0.15) is 0 Å². The van der Waals surface area contributed by atoms with Crippen molar-refractivity contribution < 1.29 is 9.90 Å². The quantitative estimate of drug-likeness (QED) is 0.800. The zero-order valence-electron chi connectivity index (χ0n) is 9.73. The van der Waals surface area contributed by atoms with Gasteiger partial charge in [-0.3, -0.25) is 0 Å². The van der Waals surface area contributed by atoms with Gasteiger partial charge >= 0.3 is 5.97 Å². The number of benzene rings is 1. The zero-order chi connectivity index (χ0) is 12.1. The first-order chi connectivity index (χ1) is 8.25. The molecular formula is C15H16O2. The molecule has 2 heteroatoms. The standard InChI is InChI=1S/C15H16O2/c16-15(17)11-8-12-6-9-14(10-7-12)13-4-2-1-3-5-13/h4,6-11H,1-3,5H2,(H,16,17)/b11-8+. The highest BCUT2D eigenvalue weighted by atomic mass is 16.4. The second kappa shape index (κ2) is 5.48. The van der Waals surface area contributed by atoms with E-state index in [-0.39, 0.29) is 0 Å². The molecule has 1 aromatic rings. The van der Waals surface area contributed by atoms with Crippen LogP contribution in [-0.4, -0.2) is 11.1 Å². The highest BCUT2D eigenvalue weighted by Crippen LogP contribution is 2.26. The van der Waals surface area contributed by atoms with Gasteiger partial charge in [0.2, 0.25) is 0 Å². The number of hydrogen-bond acceptors (Lipinski definition) is 1. The second-order valence-corrected chi connectivity index (χ2v) is 4.27. The monoisotopic (exact) mass is 228 g/mol. The van der Waals surface area contributed by atoms with E-state index in [1.807, 2.05) is 12.1 Å².